The van der Waals surface area contributed by atoms with Gasteiger partial charge in [-0.1, -0.05) is 0 Å². The van der Waals surface area contributed by atoms with Crippen LogP contribution in [0.25, 0.3) is 0 Å². The number of rotatable bonds is 0. The van der Waals surface area contributed by atoms with E-state index in [-0.39, 0.29) is 0 Å². The second-order valence-electron chi connectivity index (χ2n) is 0.921. The molecule has 60 valence electrons. The normalized spacial score (nSPS) is 11.4. The van der Waals surface area contributed by atoms with Gasteiger partial charge in [-0.2, -0.15) is 21.6 Å². The first kappa shape index (κ1) is 11.9. The molecular weight excluding hydrogens is 175 g/mol. The van der Waals surface area contributed by atoms with E-state index in [0.717, 1.165) is 0 Å². The maximum atomic E-state index is 10.7. The Balaban J connectivity index is 0. The Bertz CT molecular complexity index is 202. The molecule has 0 fully saturated rings. The van der Waals surface area contributed by atoms with E-state index in [1.54, 1.807) is 0 Å². The van der Waals surface area contributed by atoms with Crippen LogP contribution in [0.1, 0.15) is 0 Å². The number of alkyl halides is 3. The minimum Gasteiger partial charge on any atom is -0.279 e. The van der Waals surface area contributed by atoms with Crippen LogP contribution in [0.15, 0.2) is 0 Å². The molecule has 1 N–H and O–H groups in total. The third-order valence-corrected chi connectivity index (χ3v) is 0.877. The Labute approximate surface area is 54.6 Å². The first-order chi connectivity index (χ1) is 4.25. The van der Waals surface area contributed by atoms with Crippen molar-refractivity contribution >= 4 is 10.1 Å². The fraction of sp³-hybridized carbons (Fsp3) is 0.500. The van der Waals surface area contributed by atoms with E-state index in [0.29, 0.717) is 0 Å². The zero-order valence-corrected chi connectivity index (χ0v) is 5.15. The van der Waals surface area contributed by atoms with Gasteiger partial charge in [0.15, 0.2) is 0 Å². The number of nitriles is 1. The van der Waals surface area contributed by atoms with Gasteiger partial charge in [0.1, 0.15) is 0 Å². The molecule has 0 heterocycles. The van der Waals surface area contributed by atoms with Gasteiger partial charge in [-0.05, 0) is 0 Å². The van der Waals surface area contributed by atoms with Gasteiger partial charge in [0.25, 0.3) is 0 Å². The number of hydrogen-bond donors (Lipinski definition) is 1. The molecule has 0 saturated carbocycles. The van der Waals surface area contributed by atoms with Crippen LogP contribution in [0.5, 0.6) is 0 Å². The average Bonchev–Trinajstić information content (AvgIpc) is 1.66. The van der Waals surface area contributed by atoms with E-state index in [1.807, 2.05) is 0 Å². The van der Waals surface area contributed by atoms with E-state index in [4.69, 9.17) is 18.2 Å². The minimum atomic E-state index is -5.84. The lowest BCUT2D eigenvalue weighted by atomic mass is 11.6. The third-order valence-electron chi connectivity index (χ3n) is 0.292. The van der Waals surface area contributed by atoms with Crippen LogP contribution >= 0.6 is 0 Å². The van der Waals surface area contributed by atoms with Crippen molar-refractivity contribution in [3.8, 4) is 6.57 Å². The van der Waals surface area contributed by atoms with E-state index in [1.165, 1.54) is 0 Å². The molecule has 10 heavy (non-hydrogen) atoms. The predicted molar refractivity (Wildman–Crippen MR) is 24.3 cm³/mol. The summed E-state index contributed by atoms with van der Waals surface area (Å²) in [6, 6.07) is 0. The van der Waals surface area contributed by atoms with Gasteiger partial charge < -0.3 is 0 Å². The van der Waals surface area contributed by atoms with Crippen molar-refractivity contribution in [2.75, 3.05) is 0 Å². The molecule has 0 amide bonds. The van der Waals surface area contributed by atoms with Gasteiger partial charge in [-0.25, -0.2) is 5.26 Å². The van der Waals surface area contributed by atoms with E-state index < -0.39 is 15.6 Å². The SMILES string of the molecule is C#N.O=S(=O)(O)C(F)(F)F. The fourth-order valence-corrected chi connectivity index (χ4v) is 0. The van der Waals surface area contributed by atoms with Crippen LogP contribution in [0.3, 0.4) is 0 Å². The summed E-state index contributed by atoms with van der Waals surface area (Å²) in [5.74, 6) is 0. The molecule has 0 atom stereocenters. The zero-order chi connectivity index (χ0) is 9.00. The monoisotopic (exact) mass is 177 g/mol. The number of nitrogens with zero attached hydrogens (tertiary/aromatic N) is 1. The fourth-order valence-electron chi connectivity index (χ4n) is 0. The largest absolute Gasteiger partial charge is 0.522 e. The van der Waals surface area contributed by atoms with Crippen LogP contribution in [0, 0.1) is 11.8 Å². The van der Waals surface area contributed by atoms with Gasteiger partial charge in [-0.3, -0.25) is 4.55 Å². The molecular formula is C2H2F3NO3S. The van der Waals surface area contributed by atoms with Gasteiger partial charge in [0.05, 0.1) is 0 Å². The molecule has 0 radical (unpaired) electrons. The van der Waals surface area contributed by atoms with Crippen LogP contribution < -0.4 is 0 Å². The van der Waals surface area contributed by atoms with Crippen LogP contribution in [-0.2, 0) is 10.1 Å². The average molecular weight is 177 g/mol. The summed E-state index contributed by atoms with van der Waals surface area (Å²) in [5, 5.41) is 6.50. The third kappa shape index (κ3) is 4.11. The summed E-state index contributed by atoms with van der Waals surface area (Å²) in [4.78, 5) is 0. The van der Waals surface area contributed by atoms with Crippen molar-refractivity contribution in [2.24, 2.45) is 0 Å². The smallest absolute Gasteiger partial charge is 0.279 e. The number of halogens is 3. The molecule has 0 saturated heterocycles. The summed E-state index contributed by atoms with van der Waals surface area (Å²) in [6.45, 7) is 3.50. The van der Waals surface area contributed by atoms with Crippen LogP contribution in [-0.4, -0.2) is 18.5 Å². The molecule has 8 heteroatoms. The zero-order valence-electron chi connectivity index (χ0n) is 4.33. The lowest BCUT2D eigenvalue weighted by Crippen LogP contribution is -2.21. The van der Waals surface area contributed by atoms with Gasteiger partial charge in [0, 0.05) is 6.57 Å². The molecule has 0 aliphatic rings. The highest BCUT2D eigenvalue weighted by molar-refractivity contribution is 7.86. The summed E-state index contributed by atoms with van der Waals surface area (Å²) < 4.78 is 57.5. The molecule has 0 spiro atoms. The maximum Gasteiger partial charge on any atom is 0.522 e. The van der Waals surface area contributed by atoms with Gasteiger partial charge in [0.2, 0.25) is 0 Å². The predicted octanol–water partition coefficient (Wildman–Crippen LogP) is 0.534. The molecule has 0 bridgehead atoms. The molecule has 0 aromatic heterocycles. The van der Waals surface area contributed by atoms with Crippen molar-refractivity contribution in [3.63, 3.8) is 0 Å². The highest BCUT2D eigenvalue weighted by atomic mass is 32.2. The Hall–Kier alpha value is -0.810. The van der Waals surface area contributed by atoms with Crippen LogP contribution in [0.4, 0.5) is 13.2 Å². The van der Waals surface area contributed by atoms with Crippen molar-refractivity contribution in [3.05, 3.63) is 0 Å². The van der Waals surface area contributed by atoms with Crippen LogP contribution in [0.2, 0.25) is 0 Å². The molecule has 0 aliphatic carbocycles. The lowest BCUT2D eigenvalue weighted by Gasteiger charge is -1.97. The second-order valence-corrected chi connectivity index (χ2v) is 2.33. The summed E-state index contributed by atoms with van der Waals surface area (Å²) in [5.41, 5.74) is -5.53. The molecule has 0 unspecified atom stereocenters. The lowest BCUT2D eigenvalue weighted by molar-refractivity contribution is -0.0510. The summed E-state index contributed by atoms with van der Waals surface area (Å²) in [7, 11) is -5.84. The second kappa shape index (κ2) is 3.38. The maximum absolute atomic E-state index is 10.7. The Morgan fingerprint density at radius 3 is 1.40 bits per heavy atom. The summed E-state index contributed by atoms with van der Waals surface area (Å²) in [6.07, 6.45) is 0. The van der Waals surface area contributed by atoms with E-state index in [9.17, 15) is 13.2 Å². The topological polar surface area (TPSA) is 78.2 Å². The minimum absolute atomic E-state index is 3.50. The first-order valence-electron chi connectivity index (χ1n) is 1.55. The first-order valence-corrected chi connectivity index (χ1v) is 2.99. The van der Waals surface area contributed by atoms with Gasteiger partial charge >= 0.3 is 15.6 Å². The molecule has 0 aliphatic heterocycles. The molecule has 0 aromatic rings. The van der Waals surface area contributed by atoms with Crippen molar-refractivity contribution in [1.29, 1.82) is 5.26 Å². The van der Waals surface area contributed by atoms with Crippen molar-refractivity contribution in [1.82, 2.24) is 0 Å². The Morgan fingerprint density at radius 1 is 1.30 bits per heavy atom. The Morgan fingerprint density at radius 2 is 1.40 bits per heavy atom. The Kier molecular flexibility index (Phi) is 4.03. The molecule has 0 aromatic carbocycles. The molecule has 0 rings (SSSR count). The highest BCUT2D eigenvalue weighted by Crippen LogP contribution is 2.20. The van der Waals surface area contributed by atoms with Gasteiger partial charge in [-0.15, -0.1) is 0 Å². The number of hydrogen-bond acceptors (Lipinski definition) is 3. The molecule has 4 nitrogen and oxygen atoms in total. The standard InChI is InChI=1S/CHF3O3S.CHN/c2-1(3,4)8(5,6)7;1-2/h(H,5,6,7);1H. The quantitative estimate of drug-likeness (QED) is 0.432. The van der Waals surface area contributed by atoms with Crippen molar-refractivity contribution in [2.45, 2.75) is 5.51 Å². The summed E-state index contributed by atoms with van der Waals surface area (Å²) >= 11 is 0. The highest BCUT2D eigenvalue weighted by Gasteiger charge is 2.44. The van der Waals surface area contributed by atoms with E-state index >= 15 is 0 Å². The van der Waals surface area contributed by atoms with Crippen molar-refractivity contribution < 1.29 is 26.1 Å². The van der Waals surface area contributed by atoms with E-state index in [2.05, 4.69) is 6.57 Å².